The highest BCUT2D eigenvalue weighted by molar-refractivity contribution is 5.32. The SMILES string of the molecule is CCCCCC(C)(C)CNc1nc(N)nc(OCC)n1. The summed E-state index contributed by atoms with van der Waals surface area (Å²) in [6.07, 6.45) is 4.93. The van der Waals surface area contributed by atoms with E-state index < -0.39 is 0 Å². The van der Waals surface area contributed by atoms with Gasteiger partial charge in [0.25, 0.3) is 0 Å². The van der Waals surface area contributed by atoms with Gasteiger partial charge in [-0.3, -0.25) is 0 Å². The number of ether oxygens (including phenoxy) is 1. The molecule has 114 valence electrons. The number of aromatic nitrogens is 3. The first-order valence-corrected chi connectivity index (χ1v) is 7.35. The van der Waals surface area contributed by atoms with Crippen molar-refractivity contribution in [1.82, 2.24) is 15.0 Å². The van der Waals surface area contributed by atoms with Gasteiger partial charge in [-0.05, 0) is 18.8 Å². The van der Waals surface area contributed by atoms with Crippen LogP contribution in [0.3, 0.4) is 0 Å². The van der Waals surface area contributed by atoms with Gasteiger partial charge in [-0.15, -0.1) is 0 Å². The third-order valence-corrected chi connectivity index (χ3v) is 3.09. The van der Waals surface area contributed by atoms with Crippen LogP contribution in [0.15, 0.2) is 0 Å². The van der Waals surface area contributed by atoms with Crippen molar-refractivity contribution >= 4 is 11.9 Å². The number of unbranched alkanes of at least 4 members (excludes halogenated alkanes) is 2. The van der Waals surface area contributed by atoms with Crippen LogP contribution in [0.4, 0.5) is 11.9 Å². The number of rotatable bonds is 9. The molecule has 0 bridgehead atoms. The Hall–Kier alpha value is -1.59. The fourth-order valence-electron chi connectivity index (χ4n) is 1.91. The number of nitrogens with zero attached hydrogens (tertiary/aromatic N) is 3. The van der Waals surface area contributed by atoms with E-state index in [2.05, 4.69) is 41.0 Å². The van der Waals surface area contributed by atoms with E-state index in [0.29, 0.717) is 12.6 Å². The third kappa shape index (κ3) is 6.04. The maximum Gasteiger partial charge on any atom is 0.323 e. The minimum atomic E-state index is 0.176. The predicted molar refractivity (Wildman–Crippen MR) is 81.8 cm³/mol. The summed E-state index contributed by atoms with van der Waals surface area (Å²) < 4.78 is 5.26. The lowest BCUT2D eigenvalue weighted by Gasteiger charge is -2.24. The predicted octanol–water partition coefficient (Wildman–Crippen LogP) is 2.87. The molecule has 20 heavy (non-hydrogen) atoms. The summed E-state index contributed by atoms with van der Waals surface area (Å²) in [6.45, 7) is 9.88. The first-order valence-electron chi connectivity index (χ1n) is 7.35. The molecule has 0 fully saturated rings. The molecule has 0 radical (unpaired) electrons. The molecule has 1 rings (SSSR count). The van der Waals surface area contributed by atoms with E-state index in [9.17, 15) is 0 Å². The van der Waals surface area contributed by atoms with E-state index in [1.807, 2.05) is 6.92 Å². The number of anilines is 2. The van der Waals surface area contributed by atoms with Gasteiger partial charge in [-0.25, -0.2) is 0 Å². The minimum Gasteiger partial charge on any atom is -0.464 e. The number of nitrogens with one attached hydrogen (secondary N) is 1. The van der Waals surface area contributed by atoms with Crippen molar-refractivity contribution in [3.05, 3.63) is 0 Å². The van der Waals surface area contributed by atoms with Crippen LogP contribution in [0, 0.1) is 5.41 Å². The molecule has 1 heterocycles. The summed E-state index contributed by atoms with van der Waals surface area (Å²) in [5, 5.41) is 3.23. The highest BCUT2D eigenvalue weighted by Gasteiger charge is 2.18. The zero-order chi connectivity index (χ0) is 15.0. The summed E-state index contributed by atoms with van der Waals surface area (Å²) >= 11 is 0. The second-order valence-electron chi connectivity index (χ2n) is 5.71. The van der Waals surface area contributed by atoms with Gasteiger partial charge in [0.1, 0.15) is 0 Å². The molecule has 0 aromatic carbocycles. The molecule has 6 heteroatoms. The first kappa shape index (κ1) is 16.5. The van der Waals surface area contributed by atoms with E-state index in [0.717, 1.165) is 6.54 Å². The molecule has 0 aliphatic carbocycles. The van der Waals surface area contributed by atoms with Gasteiger partial charge in [0.05, 0.1) is 6.61 Å². The lowest BCUT2D eigenvalue weighted by Crippen LogP contribution is -2.24. The average Bonchev–Trinajstić information content (AvgIpc) is 2.37. The highest BCUT2D eigenvalue weighted by atomic mass is 16.5. The van der Waals surface area contributed by atoms with E-state index >= 15 is 0 Å². The van der Waals surface area contributed by atoms with Crippen molar-refractivity contribution in [2.75, 3.05) is 24.2 Å². The molecule has 6 nitrogen and oxygen atoms in total. The van der Waals surface area contributed by atoms with Gasteiger partial charge in [0.2, 0.25) is 11.9 Å². The van der Waals surface area contributed by atoms with Gasteiger partial charge in [0.15, 0.2) is 0 Å². The van der Waals surface area contributed by atoms with Crippen LogP contribution in [0.25, 0.3) is 0 Å². The Morgan fingerprint density at radius 3 is 2.55 bits per heavy atom. The maximum atomic E-state index is 5.65. The van der Waals surface area contributed by atoms with Crippen LogP contribution < -0.4 is 15.8 Å². The van der Waals surface area contributed by atoms with Crippen molar-refractivity contribution in [1.29, 1.82) is 0 Å². The summed E-state index contributed by atoms with van der Waals surface area (Å²) in [6, 6.07) is 0.270. The first-order chi connectivity index (χ1) is 9.46. The van der Waals surface area contributed by atoms with E-state index in [1.54, 1.807) is 0 Å². The Labute approximate surface area is 121 Å². The fourth-order valence-corrected chi connectivity index (χ4v) is 1.91. The molecular weight excluding hydrogens is 254 g/mol. The standard InChI is InChI=1S/C14H27N5O/c1-5-7-8-9-14(3,4)10-16-12-17-11(15)18-13(19-12)20-6-2/h5-10H2,1-4H3,(H3,15,16,17,18,19). The van der Waals surface area contributed by atoms with E-state index in [-0.39, 0.29) is 17.4 Å². The molecule has 1 aromatic rings. The zero-order valence-electron chi connectivity index (χ0n) is 13.1. The Balaban J connectivity index is 2.55. The van der Waals surface area contributed by atoms with Crippen molar-refractivity contribution in [2.24, 2.45) is 5.41 Å². The van der Waals surface area contributed by atoms with Crippen molar-refractivity contribution < 1.29 is 4.74 Å². The molecule has 0 aliphatic heterocycles. The van der Waals surface area contributed by atoms with Crippen molar-refractivity contribution in [3.63, 3.8) is 0 Å². The monoisotopic (exact) mass is 281 g/mol. The van der Waals surface area contributed by atoms with Crippen LogP contribution >= 0.6 is 0 Å². The molecule has 1 aromatic heterocycles. The molecule has 0 saturated heterocycles. The van der Waals surface area contributed by atoms with Crippen LogP contribution in [0.2, 0.25) is 0 Å². The maximum absolute atomic E-state index is 5.65. The zero-order valence-corrected chi connectivity index (χ0v) is 13.1. The summed E-state index contributed by atoms with van der Waals surface area (Å²) in [5.74, 6) is 0.652. The van der Waals surface area contributed by atoms with Crippen LogP contribution in [-0.2, 0) is 0 Å². The third-order valence-electron chi connectivity index (χ3n) is 3.09. The highest BCUT2D eigenvalue weighted by Crippen LogP contribution is 2.24. The normalized spacial score (nSPS) is 11.4. The number of hydrogen-bond donors (Lipinski definition) is 2. The summed E-state index contributed by atoms with van der Waals surface area (Å²) in [5.41, 5.74) is 5.84. The van der Waals surface area contributed by atoms with E-state index in [4.69, 9.17) is 10.5 Å². The lowest BCUT2D eigenvalue weighted by atomic mass is 9.87. The minimum absolute atomic E-state index is 0.176. The second kappa shape index (κ2) is 7.87. The van der Waals surface area contributed by atoms with Crippen LogP contribution in [0.5, 0.6) is 6.01 Å². The van der Waals surface area contributed by atoms with Crippen LogP contribution in [0.1, 0.15) is 53.4 Å². The van der Waals surface area contributed by atoms with Gasteiger partial charge in [-0.2, -0.15) is 15.0 Å². The van der Waals surface area contributed by atoms with Gasteiger partial charge >= 0.3 is 6.01 Å². The summed E-state index contributed by atoms with van der Waals surface area (Å²) in [4.78, 5) is 12.2. The topological polar surface area (TPSA) is 86.0 Å². The quantitative estimate of drug-likeness (QED) is 0.677. The molecular formula is C14H27N5O. The van der Waals surface area contributed by atoms with Gasteiger partial charge in [0, 0.05) is 6.54 Å². The smallest absolute Gasteiger partial charge is 0.323 e. The Bertz CT molecular complexity index is 409. The number of nitrogen functional groups attached to an aromatic ring is 1. The van der Waals surface area contributed by atoms with Gasteiger partial charge < -0.3 is 15.8 Å². The molecule has 0 spiro atoms. The number of hydrogen-bond acceptors (Lipinski definition) is 6. The fraction of sp³-hybridized carbons (Fsp3) is 0.786. The van der Waals surface area contributed by atoms with Crippen molar-refractivity contribution in [3.8, 4) is 6.01 Å². The summed E-state index contributed by atoms with van der Waals surface area (Å²) in [7, 11) is 0. The van der Waals surface area contributed by atoms with Crippen LogP contribution in [-0.4, -0.2) is 28.1 Å². The largest absolute Gasteiger partial charge is 0.464 e. The lowest BCUT2D eigenvalue weighted by molar-refractivity contribution is 0.311. The average molecular weight is 281 g/mol. The molecule has 0 amide bonds. The van der Waals surface area contributed by atoms with Crippen molar-refractivity contribution in [2.45, 2.75) is 53.4 Å². The molecule has 0 unspecified atom stereocenters. The molecule has 3 N–H and O–H groups in total. The second-order valence-corrected chi connectivity index (χ2v) is 5.71. The van der Waals surface area contributed by atoms with E-state index in [1.165, 1.54) is 25.7 Å². The Morgan fingerprint density at radius 1 is 1.15 bits per heavy atom. The molecule has 0 atom stereocenters. The molecule has 0 aliphatic rings. The number of nitrogens with two attached hydrogens (primary N) is 1. The Morgan fingerprint density at radius 2 is 1.90 bits per heavy atom. The van der Waals surface area contributed by atoms with Gasteiger partial charge in [-0.1, -0.05) is 40.0 Å². The molecule has 0 saturated carbocycles. The Kier molecular flexibility index (Phi) is 6.48.